The number of nitrogens with zero attached hydrogens (tertiary/aromatic N) is 1. The number of rotatable bonds is 6. The van der Waals surface area contributed by atoms with E-state index in [9.17, 15) is 4.79 Å². The highest BCUT2D eigenvalue weighted by Gasteiger charge is 2.30. The van der Waals surface area contributed by atoms with Crippen LogP contribution in [0.2, 0.25) is 0 Å². The smallest absolute Gasteiger partial charge is 0.241 e. The highest BCUT2D eigenvalue weighted by atomic mass is 32.1. The summed E-state index contributed by atoms with van der Waals surface area (Å²) >= 11 is 5.05. The van der Waals surface area contributed by atoms with Crippen molar-refractivity contribution in [3.8, 4) is 0 Å². The minimum atomic E-state index is -0.241. The van der Waals surface area contributed by atoms with E-state index in [0.29, 0.717) is 17.6 Å². The Kier molecular flexibility index (Phi) is 5.70. The molecule has 1 unspecified atom stereocenters. The van der Waals surface area contributed by atoms with Gasteiger partial charge in [-0.2, -0.15) is 0 Å². The average molecular weight is 305 g/mol. The van der Waals surface area contributed by atoms with Crippen molar-refractivity contribution in [2.45, 2.75) is 44.7 Å². The highest BCUT2D eigenvalue weighted by Crippen LogP contribution is 2.25. The number of benzene rings is 1. The number of hydrogen-bond donors (Lipinski definition) is 2. The second kappa shape index (κ2) is 7.52. The first kappa shape index (κ1) is 15.9. The molecule has 21 heavy (non-hydrogen) atoms. The first-order valence-corrected chi connectivity index (χ1v) is 7.88. The van der Waals surface area contributed by atoms with Crippen LogP contribution < -0.4 is 11.1 Å². The van der Waals surface area contributed by atoms with Crippen LogP contribution in [0.5, 0.6) is 0 Å². The molecule has 1 aromatic rings. The van der Waals surface area contributed by atoms with Gasteiger partial charge in [0, 0.05) is 18.3 Å². The van der Waals surface area contributed by atoms with Crippen molar-refractivity contribution in [2.24, 2.45) is 5.73 Å². The molecule has 1 aliphatic carbocycles. The Morgan fingerprint density at radius 2 is 2.00 bits per heavy atom. The largest absolute Gasteiger partial charge is 0.392 e. The van der Waals surface area contributed by atoms with E-state index in [1.807, 2.05) is 37.3 Å². The molecule has 0 saturated heterocycles. The van der Waals surface area contributed by atoms with Crippen LogP contribution in [-0.4, -0.2) is 34.4 Å². The third kappa shape index (κ3) is 4.51. The Balaban J connectivity index is 2.03. The van der Waals surface area contributed by atoms with Gasteiger partial charge in [-0.3, -0.25) is 9.69 Å². The van der Waals surface area contributed by atoms with E-state index in [4.69, 9.17) is 18.0 Å². The summed E-state index contributed by atoms with van der Waals surface area (Å²) < 4.78 is 0. The van der Waals surface area contributed by atoms with Crippen molar-refractivity contribution in [3.63, 3.8) is 0 Å². The lowest BCUT2D eigenvalue weighted by Crippen LogP contribution is -2.49. The molecule has 0 spiro atoms. The molecule has 3 N–H and O–H groups in total. The highest BCUT2D eigenvalue weighted by molar-refractivity contribution is 7.80. The molecule has 1 aromatic carbocycles. The molecular formula is C16H23N3OS. The van der Waals surface area contributed by atoms with E-state index < -0.39 is 0 Å². The molecule has 1 amide bonds. The van der Waals surface area contributed by atoms with Crippen LogP contribution in [0.25, 0.3) is 0 Å². The van der Waals surface area contributed by atoms with Gasteiger partial charge in [0.25, 0.3) is 0 Å². The Hall–Kier alpha value is -1.46. The maximum Gasteiger partial charge on any atom is 0.241 e. The number of anilines is 1. The van der Waals surface area contributed by atoms with Crippen molar-refractivity contribution in [1.82, 2.24) is 4.90 Å². The summed E-state index contributed by atoms with van der Waals surface area (Å²) in [6.07, 6.45) is 4.66. The number of nitrogens with two attached hydrogens (primary N) is 1. The van der Waals surface area contributed by atoms with Crippen LogP contribution in [0.1, 0.15) is 32.6 Å². The minimum absolute atomic E-state index is 0.00986. The van der Waals surface area contributed by atoms with Crippen LogP contribution >= 0.6 is 12.2 Å². The summed E-state index contributed by atoms with van der Waals surface area (Å²) in [5, 5.41) is 2.95. The Labute approximate surface area is 131 Å². The van der Waals surface area contributed by atoms with Crippen LogP contribution in [0, 0.1) is 0 Å². The van der Waals surface area contributed by atoms with Gasteiger partial charge in [-0.25, -0.2) is 0 Å². The zero-order valence-electron chi connectivity index (χ0n) is 12.4. The summed E-state index contributed by atoms with van der Waals surface area (Å²) in [7, 11) is 0. The summed E-state index contributed by atoms with van der Waals surface area (Å²) in [6, 6.07) is 9.68. The zero-order chi connectivity index (χ0) is 15.2. The van der Waals surface area contributed by atoms with Crippen LogP contribution in [0.3, 0.4) is 0 Å². The number of nitrogens with one attached hydrogen (secondary N) is 1. The van der Waals surface area contributed by atoms with Gasteiger partial charge in [0.05, 0.1) is 11.0 Å². The van der Waals surface area contributed by atoms with Gasteiger partial charge in [-0.05, 0) is 31.9 Å². The molecule has 4 nitrogen and oxygen atoms in total. The third-order valence-electron chi connectivity index (χ3n) is 4.05. The fraction of sp³-hybridized carbons (Fsp3) is 0.500. The molecule has 1 fully saturated rings. The van der Waals surface area contributed by atoms with E-state index >= 15 is 0 Å². The Bertz CT molecular complexity index is 486. The maximum absolute atomic E-state index is 12.5. The summed E-state index contributed by atoms with van der Waals surface area (Å²) in [6.45, 7) is 2.43. The molecule has 1 saturated carbocycles. The number of carbonyl (C=O) groups is 1. The van der Waals surface area contributed by atoms with E-state index in [1.165, 1.54) is 12.8 Å². The Morgan fingerprint density at radius 3 is 2.57 bits per heavy atom. The van der Waals surface area contributed by atoms with Gasteiger partial charge in [0.15, 0.2) is 0 Å². The van der Waals surface area contributed by atoms with E-state index in [2.05, 4.69) is 10.2 Å². The molecule has 0 radical (unpaired) electrons. The molecule has 2 rings (SSSR count). The summed E-state index contributed by atoms with van der Waals surface area (Å²) in [5.74, 6) is -0.00986. The molecule has 0 bridgehead atoms. The predicted octanol–water partition coefficient (Wildman–Crippen LogP) is 2.54. The van der Waals surface area contributed by atoms with Crippen LogP contribution in [0.15, 0.2) is 30.3 Å². The van der Waals surface area contributed by atoms with Gasteiger partial charge >= 0.3 is 0 Å². The lowest BCUT2D eigenvalue weighted by atomic mass is 10.1. The quantitative estimate of drug-likeness (QED) is 0.793. The van der Waals surface area contributed by atoms with Crippen molar-refractivity contribution < 1.29 is 4.79 Å². The van der Waals surface area contributed by atoms with E-state index in [1.54, 1.807) is 0 Å². The second-order valence-electron chi connectivity index (χ2n) is 5.61. The number of amides is 1. The minimum Gasteiger partial charge on any atom is -0.392 e. The molecule has 1 aliphatic rings. The van der Waals surface area contributed by atoms with Crippen molar-refractivity contribution >= 4 is 28.8 Å². The average Bonchev–Trinajstić information content (AvgIpc) is 2.99. The lowest BCUT2D eigenvalue weighted by Gasteiger charge is -2.33. The number of para-hydroxylation sites is 1. The molecule has 0 aromatic heterocycles. The summed E-state index contributed by atoms with van der Waals surface area (Å²) in [5.41, 5.74) is 6.53. The third-order valence-corrected chi connectivity index (χ3v) is 4.18. The topological polar surface area (TPSA) is 58.4 Å². The lowest BCUT2D eigenvalue weighted by molar-refractivity contribution is -0.121. The van der Waals surface area contributed by atoms with Crippen molar-refractivity contribution in [2.75, 3.05) is 11.9 Å². The SMILES string of the molecule is CC(C(=O)Nc1ccccc1)N(CC(N)=S)C1CCCC1. The number of thiocarbonyl (C=S) groups is 1. The number of hydrogen-bond acceptors (Lipinski definition) is 3. The Morgan fingerprint density at radius 1 is 1.38 bits per heavy atom. The number of carbonyl (C=O) groups excluding carboxylic acids is 1. The first-order chi connectivity index (χ1) is 10.1. The van der Waals surface area contributed by atoms with Crippen LogP contribution in [0.4, 0.5) is 5.69 Å². The predicted molar refractivity (Wildman–Crippen MR) is 90.3 cm³/mol. The molecule has 0 heterocycles. The van der Waals surface area contributed by atoms with Crippen LogP contribution in [-0.2, 0) is 4.79 Å². The zero-order valence-corrected chi connectivity index (χ0v) is 13.2. The molecule has 1 atom stereocenters. The molecule has 5 heteroatoms. The maximum atomic E-state index is 12.5. The monoisotopic (exact) mass is 305 g/mol. The molecular weight excluding hydrogens is 282 g/mol. The van der Waals surface area contributed by atoms with Gasteiger partial charge < -0.3 is 11.1 Å². The molecule has 114 valence electrons. The van der Waals surface area contributed by atoms with Gasteiger partial charge in [-0.15, -0.1) is 0 Å². The standard InChI is InChI=1S/C16H23N3OS/c1-12(16(20)18-13-7-3-2-4-8-13)19(11-15(17)21)14-9-5-6-10-14/h2-4,7-8,12,14H,5-6,9-11H2,1H3,(H2,17,21)(H,18,20). The van der Waals surface area contributed by atoms with E-state index in [-0.39, 0.29) is 11.9 Å². The fourth-order valence-corrected chi connectivity index (χ4v) is 3.07. The van der Waals surface area contributed by atoms with Crippen molar-refractivity contribution in [1.29, 1.82) is 0 Å². The first-order valence-electron chi connectivity index (χ1n) is 7.48. The van der Waals surface area contributed by atoms with Gasteiger partial charge in [0.1, 0.15) is 0 Å². The fourth-order valence-electron chi connectivity index (χ4n) is 2.92. The molecule has 0 aliphatic heterocycles. The second-order valence-corrected chi connectivity index (χ2v) is 6.13. The van der Waals surface area contributed by atoms with Gasteiger partial charge in [0.2, 0.25) is 5.91 Å². The van der Waals surface area contributed by atoms with Gasteiger partial charge in [-0.1, -0.05) is 43.3 Å². The normalized spacial score (nSPS) is 16.9. The van der Waals surface area contributed by atoms with E-state index in [0.717, 1.165) is 18.5 Å². The summed E-state index contributed by atoms with van der Waals surface area (Å²) in [4.78, 5) is 15.0. The van der Waals surface area contributed by atoms with Crippen molar-refractivity contribution in [3.05, 3.63) is 30.3 Å².